The zero-order valence-corrected chi connectivity index (χ0v) is 13.9. The van der Waals surface area contributed by atoms with Crippen LogP contribution >= 0.6 is 0 Å². The van der Waals surface area contributed by atoms with E-state index < -0.39 is 0 Å². The quantitative estimate of drug-likeness (QED) is 0.862. The van der Waals surface area contributed by atoms with E-state index in [0.717, 1.165) is 44.0 Å². The highest BCUT2D eigenvalue weighted by Crippen LogP contribution is 2.44. The molecule has 2 aliphatic heterocycles. The summed E-state index contributed by atoms with van der Waals surface area (Å²) in [6.45, 7) is 8.42. The van der Waals surface area contributed by atoms with Crippen molar-refractivity contribution in [3.63, 3.8) is 0 Å². The smallest absolute Gasteiger partial charge is 0.0939 e. The Kier molecular flexibility index (Phi) is 5.23. The summed E-state index contributed by atoms with van der Waals surface area (Å²) >= 11 is 0. The Morgan fingerprint density at radius 2 is 2.00 bits per heavy atom. The molecule has 0 bridgehead atoms. The topological polar surface area (TPSA) is 30.5 Å². The maximum atomic E-state index is 6.14. The first-order chi connectivity index (χ1) is 10.2. The second kappa shape index (κ2) is 6.97. The summed E-state index contributed by atoms with van der Waals surface area (Å²) in [7, 11) is 0. The number of nitrogens with one attached hydrogen (secondary N) is 1. The lowest BCUT2D eigenvalue weighted by Gasteiger charge is -2.44. The summed E-state index contributed by atoms with van der Waals surface area (Å²) in [4.78, 5) is 0. The van der Waals surface area contributed by atoms with E-state index in [0.29, 0.717) is 6.04 Å². The summed E-state index contributed by atoms with van der Waals surface area (Å²) in [5, 5.41) is 3.69. The molecule has 0 radical (unpaired) electrons. The van der Waals surface area contributed by atoms with Gasteiger partial charge in [-0.1, -0.05) is 26.7 Å². The molecule has 4 unspecified atom stereocenters. The third-order valence-corrected chi connectivity index (χ3v) is 5.96. The Morgan fingerprint density at radius 3 is 2.76 bits per heavy atom. The van der Waals surface area contributed by atoms with Gasteiger partial charge in [-0.2, -0.15) is 0 Å². The second-order valence-electron chi connectivity index (χ2n) is 7.86. The van der Waals surface area contributed by atoms with Gasteiger partial charge in [-0.05, 0) is 50.0 Å². The van der Waals surface area contributed by atoms with Crippen molar-refractivity contribution in [1.29, 1.82) is 0 Å². The van der Waals surface area contributed by atoms with Crippen LogP contribution < -0.4 is 5.32 Å². The van der Waals surface area contributed by atoms with Crippen LogP contribution in [0.25, 0.3) is 0 Å². The fourth-order valence-corrected chi connectivity index (χ4v) is 4.79. The van der Waals surface area contributed by atoms with Crippen molar-refractivity contribution in [3.05, 3.63) is 0 Å². The Labute approximate surface area is 130 Å². The molecule has 3 rings (SSSR count). The van der Waals surface area contributed by atoms with Crippen LogP contribution in [0.4, 0.5) is 0 Å². The molecule has 3 fully saturated rings. The van der Waals surface area contributed by atoms with E-state index in [4.69, 9.17) is 9.47 Å². The minimum atomic E-state index is 0.0798. The van der Waals surface area contributed by atoms with Gasteiger partial charge in [0, 0.05) is 25.7 Å². The number of ether oxygens (including phenoxy) is 2. The van der Waals surface area contributed by atoms with Crippen LogP contribution in [-0.2, 0) is 9.47 Å². The van der Waals surface area contributed by atoms with Gasteiger partial charge in [-0.15, -0.1) is 0 Å². The molecule has 0 aromatic rings. The molecule has 0 aromatic heterocycles. The van der Waals surface area contributed by atoms with Gasteiger partial charge in [0.1, 0.15) is 0 Å². The van der Waals surface area contributed by atoms with Crippen LogP contribution in [0.5, 0.6) is 0 Å². The third kappa shape index (κ3) is 3.80. The zero-order chi connectivity index (χ0) is 14.7. The van der Waals surface area contributed by atoms with Gasteiger partial charge in [0.05, 0.1) is 12.2 Å². The fourth-order valence-electron chi connectivity index (χ4n) is 4.79. The minimum absolute atomic E-state index is 0.0798. The van der Waals surface area contributed by atoms with Gasteiger partial charge in [0.25, 0.3) is 0 Å². The summed E-state index contributed by atoms with van der Waals surface area (Å²) in [6.07, 6.45) is 9.35. The number of rotatable bonds is 4. The SMILES string of the molecule is CC(C)NCC1CCCCC1C1CCOC2(CCOC2)C1. The molecule has 2 saturated heterocycles. The third-order valence-electron chi connectivity index (χ3n) is 5.96. The molecular weight excluding hydrogens is 262 g/mol. The monoisotopic (exact) mass is 295 g/mol. The van der Waals surface area contributed by atoms with E-state index in [1.807, 2.05) is 0 Å². The average molecular weight is 295 g/mol. The maximum Gasteiger partial charge on any atom is 0.0939 e. The fraction of sp³-hybridized carbons (Fsp3) is 1.00. The normalized spacial score (nSPS) is 41.0. The molecule has 21 heavy (non-hydrogen) atoms. The van der Waals surface area contributed by atoms with Crippen LogP contribution in [0.1, 0.15) is 58.8 Å². The molecule has 1 aliphatic carbocycles. The first-order valence-electron chi connectivity index (χ1n) is 9.14. The van der Waals surface area contributed by atoms with E-state index in [9.17, 15) is 0 Å². The van der Waals surface area contributed by atoms with Crippen LogP contribution in [0.3, 0.4) is 0 Å². The van der Waals surface area contributed by atoms with Crippen molar-refractivity contribution < 1.29 is 9.47 Å². The lowest BCUT2D eigenvalue weighted by atomic mass is 9.67. The standard InChI is InChI=1S/C18H33NO2/c1-14(2)19-12-16-5-3-4-6-17(16)15-7-9-21-18(11-15)8-10-20-13-18/h14-17,19H,3-13H2,1-2H3. The zero-order valence-electron chi connectivity index (χ0n) is 13.9. The average Bonchev–Trinajstić information content (AvgIpc) is 2.93. The molecular formula is C18H33NO2. The molecule has 1 saturated carbocycles. The summed E-state index contributed by atoms with van der Waals surface area (Å²) in [5.74, 6) is 2.65. The molecule has 3 aliphatic rings. The molecule has 2 heterocycles. The van der Waals surface area contributed by atoms with E-state index in [-0.39, 0.29) is 5.60 Å². The molecule has 4 atom stereocenters. The van der Waals surface area contributed by atoms with E-state index in [1.165, 1.54) is 45.1 Å². The largest absolute Gasteiger partial charge is 0.378 e. The van der Waals surface area contributed by atoms with Crippen molar-refractivity contribution in [1.82, 2.24) is 5.32 Å². The van der Waals surface area contributed by atoms with E-state index in [1.54, 1.807) is 0 Å². The molecule has 0 amide bonds. The predicted molar refractivity (Wildman–Crippen MR) is 85.4 cm³/mol. The number of hydrogen-bond acceptors (Lipinski definition) is 3. The van der Waals surface area contributed by atoms with Gasteiger partial charge in [-0.3, -0.25) is 0 Å². The van der Waals surface area contributed by atoms with Crippen LogP contribution in [0.15, 0.2) is 0 Å². The van der Waals surface area contributed by atoms with Crippen molar-refractivity contribution in [2.45, 2.75) is 70.4 Å². The number of hydrogen-bond donors (Lipinski definition) is 1. The van der Waals surface area contributed by atoms with Gasteiger partial charge in [-0.25, -0.2) is 0 Å². The summed E-state index contributed by atoms with van der Waals surface area (Å²) < 4.78 is 11.8. The Morgan fingerprint density at radius 1 is 1.14 bits per heavy atom. The van der Waals surface area contributed by atoms with Gasteiger partial charge >= 0.3 is 0 Å². The highest BCUT2D eigenvalue weighted by Gasteiger charge is 2.44. The van der Waals surface area contributed by atoms with Crippen LogP contribution in [-0.4, -0.2) is 38.0 Å². The first kappa shape index (κ1) is 15.8. The van der Waals surface area contributed by atoms with Crippen LogP contribution in [0, 0.1) is 17.8 Å². The first-order valence-corrected chi connectivity index (χ1v) is 9.14. The predicted octanol–water partition coefficient (Wildman–Crippen LogP) is 3.38. The molecule has 1 N–H and O–H groups in total. The molecule has 1 spiro atoms. The molecule has 122 valence electrons. The highest BCUT2D eigenvalue weighted by atomic mass is 16.6. The highest BCUT2D eigenvalue weighted by molar-refractivity contribution is 4.94. The van der Waals surface area contributed by atoms with Crippen LogP contribution in [0.2, 0.25) is 0 Å². The Balaban J connectivity index is 1.62. The molecule has 3 heteroatoms. The Hall–Kier alpha value is -0.120. The minimum Gasteiger partial charge on any atom is -0.378 e. The lowest BCUT2D eigenvalue weighted by molar-refractivity contribution is -0.113. The Bertz CT molecular complexity index is 325. The molecule has 0 aromatic carbocycles. The van der Waals surface area contributed by atoms with Crippen molar-refractivity contribution in [2.24, 2.45) is 17.8 Å². The van der Waals surface area contributed by atoms with Gasteiger partial charge in [0.15, 0.2) is 0 Å². The molecule has 3 nitrogen and oxygen atoms in total. The van der Waals surface area contributed by atoms with Crippen molar-refractivity contribution >= 4 is 0 Å². The van der Waals surface area contributed by atoms with E-state index in [2.05, 4.69) is 19.2 Å². The summed E-state index contributed by atoms with van der Waals surface area (Å²) in [6, 6.07) is 0.608. The maximum absolute atomic E-state index is 6.14. The summed E-state index contributed by atoms with van der Waals surface area (Å²) in [5.41, 5.74) is 0.0798. The van der Waals surface area contributed by atoms with Gasteiger partial charge in [0.2, 0.25) is 0 Å². The van der Waals surface area contributed by atoms with Crippen molar-refractivity contribution in [2.75, 3.05) is 26.4 Å². The second-order valence-corrected chi connectivity index (χ2v) is 7.86. The van der Waals surface area contributed by atoms with Gasteiger partial charge < -0.3 is 14.8 Å². The van der Waals surface area contributed by atoms with Crippen molar-refractivity contribution in [3.8, 4) is 0 Å². The lowest BCUT2D eigenvalue weighted by Crippen LogP contribution is -2.45. The van der Waals surface area contributed by atoms with E-state index >= 15 is 0 Å².